The minimum atomic E-state index is -0.748. The van der Waals surface area contributed by atoms with Gasteiger partial charge >= 0.3 is 0 Å². The maximum atomic E-state index is 11.9. The minimum Gasteiger partial charge on any atom is -0.387 e. The van der Waals surface area contributed by atoms with Crippen LogP contribution in [0.25, 0.3) is 10.8 Å². The molecule has 0 bridgehead atoms. The van der Waals surface area contributed by atoms with Crippen molar-refractivity contribution in [1.82, 2.24) is 10.2 Å². The SMILES string of the molecule is O=C(CCN1CCSC1=O)NC[C@H](O)c1ccc2ccccc2c1. The Kier molecular flexibility index (Phi) is 5.37. The Bertz CT molecular complexity index is 750. The number of rotatable bonds is 6. The molecular weight excluding hydrogens is 324 g/mol. The monoisotopic (exact) mass is 344 g/mol. The maximum absolute atomic E-state index is 11.9. The van der Waals surface area contributed by atoms with E-state index >= 15 is 0 Å². The first-order valence-corrected chi connectivity index (χ1v) is 8.97. The third-order valence-electron chi connectivity index (χ3n) is 4.10. The van der Waals surface area contributed by atoms with Crippen LogP contribution in [0.5, 0.6) is 0 Å². The average molecular weight is 344 g/mol. The number of fused-ring (bicyclic) bond motifs is 1. The molecule has 2 amide bonds. The van der Waals surface area contributed by atoms with Gasteiger partial charge in [0.15, 0.2) is 0 Å². The number of aliphatic hydroxyl groups is 1. The number of nitrogens with zero attached hydrogens (tertiary/aromatic N) is 1. The topological polar surface area (TPSA) is 69.6 Å². The van der Waals surface area contributed by atoms with Gasteiger partial charge in [-0.3, -0.25) is 9.59 Å². The molecule has 0 saturated carbocycles. The van der Waals surface area contributed by atoms with E-state index in [1.165, 1.54) is 11.8 Å². The van der Waals surface area contributed by atoms with Gasteiger partial charge in [-0.15, -0.1) is 0 Å². The van der Waals surface area contributed by atoms with Crippen molar-refractivity contribution < 1.29 is 14.7 Å². The van der Waals surface area contributed by atoms with Gasteiger partial charge in [-0.25, -0.2) is 0 Å². The fourth-order valence-corrected chi connectivity index (χ4v) is 3.55. The Balaban J connectivity index is 1.49. The van der Waals surface area contributed by atoms with Gasteiger partial charge in [-0.1, -0.05) is 48.2 Å². The smallest absolute Gasteiger partial charge is 0.281 e. The van der Waals surface area contributed by atoms with E-state index in [2.05, 4.69) is 5.32 Å². The van der Waals surface area contributed by atoms with Crippen LogP contribution in [0.2, 0.25) is 0 Å². The van der Waals surface area contributed by atoms with Crippen LogP contribution in [-0.2, 0) is 4.79 Å². The van der Waals surface area contributed by atoms with Gasteiger partial charge in [0.2, 0.25) is 5.91 Å². The van der Waals surface area contributed by atoms with E-state index in [0.29, 0.717) is 13.1 Å². The quantitative estimate of drug-likeness (QED) is 0.845. The number of amides is 2. The zero-order valence-corrected chi connectivity index (χ0v) is 14.1. The highest BCUT2D eigenvalue weighted by Crippen LogP contribution is 2.20. The van der Waals surface area contributed by atoms with Crippen molar-refractivity contribution in [1.29, 1.82) is 0 Å². The number of nitrogens with one attached hydrogen (secondary N) is 1. The molecule has 6 heteroatoms. The Labute approximate surface area is 145 Å². The van der Waals surface area contributed by atoms with Crippen LogP contribution in [-0.4, -0.2) is 46.5 Å². The van der Waals surface area contributed by atoms with Crippen molar-refractivity contribution in [3.8, 4) is 0 Å². The number of hydrogen-bond acceptors (Lipinski definition) is 4. The molecule has 3 rings (SSSR count). The first kappa shape index (κ1) is 16.8. The lowest BCUT2D eigenvalue weighted by atomic mass is 10.0. The largest absolute Gasteiger partial charge is 0.387 e. The van der Waals surface area contributed by atoms with E-state index in [1.54, 1.807) is 4.90 Å². The lowest BCUT2D eigenvalue weighted by Gasteiger charge is -2.16. The van der Waals surface area contributed by atoms with Gasteiger partial charge in [-0.05, 0) is 22.4 Å². The second-order valence-electron chi connectivity index (χ2n) is 5.78. The summed E-state index contributed by atoms with van der Waals surface area (Å²) in [6.07, 6.45) is -0.487. The van der Waals surface area contributed by atoms with E-state index in [-0.39, 0.29) is 24.1 Å². The van der Waals surface area contributed by atoms with E-state index in [1.807, 2.05) is 42.5 Å². The lowest BCUT2D eigenvalue weighted by Crippen LogP contribution is -2.33. The second kappa shape index (κ2) is 7.68. The molecule has 1 aliphatic rings. The standard InChI is InChI=1S/C18H20N2O3S/c21-16(15-6-5-13-3-1-2-4-14(13)11-15)12-19-17(22)7-8-20-9-10-24-18(20)23/h1-6,11,16,21H,7-10,12H2,(H,19,22)/t16-/m0/s1. The Morgan fingerprint density at radius 1 is 1.25 bits per heavy atom. The number of benzene rings is 2. The van der Waals surface area contributed by atoms with Crippen molar-refractivity contribution in [3.05, 3.63) is 48.0 Å². The van der Waals surface area contributed by atoms with E-state index in [4.69, 9.17) is 0 Å². The number of thioether (sulfide) groups is 1. The molecule has 0 aromatic heterocycles. The summed E-state index contributed by atoms with van der Waals surface area (Å²) in [5, 5.41) is 15.2. The number of carbonyl (C=O) groups excluding carboxylic acids is 2. The van der Waals surface area contributed by atoms with Crippen LogP contribution in [0.4, 0.5) is 4.79 Å². The third kappa shape index (κ3) is 4.07. The molecular formula is C18H20N2O3S. The van der Waals surface area contributed by atoms with Gasteiger partial charge in [0.1, 0.15) is 0 Å². The van der Waals surface area contributed by atoms with E-state index in [0.717, 1.165) is 22.1 Å². The summed E-state index contributed by atoms with van der Waals surface area (Å²) in [4.78, 5) is 25.0. The van der Waals surface area contributed by atoms with Crippen LogP contribution in [0, 0.1) is 0 Å². The summed E-state index contributed by atoms with van der Waals surface area (Å²) in [6.45, 7) is 1.31. The molecule has 24 heavy (non-hydrogen) atoms. The van der Waals surface area contributed by atoms with Gasteiger partial charge in [0.25, 0.3) is 5.24 Å². The van der Waals surface area contributed by atoms with Gasteiger partial charge in [0.05, 0.1) is 6.10 Å². The summed E-state index contributed by atoms with van der Waals surface area (Å²) in [5.74, 6) is 0.640. The van der Waals surface area contributed by atoms with Crippen LogP contribution >= 0.6 is 11.8 Å². The zero-order chi connectivity index (χ0) is 16.9. The highest BCUT2D eigenvalue weighted by atomic mass is 32.2. The second-order valence-corrected chi connectivity index (χ2v) is 6.82. The summed E-state index contributed by atoms with van der Waals surface area (Å²) >= 11 is 1.29. The van der Waals surface area contributed by atoms with Crippen molar-refractivity contribution in [3.63, 3.8) is 0 Å². The summed E-state index contributed by atoms with van der Waals surface area (Å²) < 4.78 is 0. The molecule has 1 fully saturated rings. The predicted molar refractivity (Wildman–Crippen MR) is 96.0 cm³/mol. The van der Waals surface area contributed by atoms with Crippen LogP contribution in [0.1, 0.15) is 18.1 Å². The number of hydrogen-bond donors (Lipinski definition) is 2. The molecule has 2 aromatic rings. The average Bonchev–Trinajstić information content (AvgIpc) is 3.02. The highest BCUT2D eigenvalue weighted by molar-refractivity contribution is 8.13. The molecule has 1 saturated heterocycles. The predicted octanol–water partition coefficient (Wildman–Crippen LogP) is 2.55. The third-order valence-corrected chi connectivity index (χ3v) is 5.00. The van der Waals surface area contributed by atoms with Crippen molar-refractivity contribution in [2.24, 2.45) is 0 Å². The molecule has 126 valence electrons. The van der Waals surface area contributed by atoms with E-state index in [9.17, 15) is 14.7 Å². The van der Waals surface area contributed by atoms with Gasteiger partial charge in [-0.2, -0.15) is 0 Å². The molecule has 0 spiro atoms. The molecule has 1 aliphatic heterocycles. The molecule has 2 N–H and O–H groups in total. The van der Waals surface area contributed by atoms with Crippen LogP contribution in [0.3, 0.4) is 0 Å². The summed E-state index contributed by atoms with van der Waals surface area (Å²) in [5.41, 5.74) is 0.778. The first-order valence-electron chi connectivity index (χ1n) is 7.98. The fraction of sp³-hybridized carbons (Fsp3) is 0.333. The van der Waals surface area contributed by atoms with Crippen LogP contribution in [0.15, 0.2) is 42.5 Å². The first-order chi connectivity index (χ1) is 11.6. The van der Waals surface area contributed by atoms with Crippen LogP contribution < -0.4 is 5.32 Å². The highest BCUT2D eigenvalue weighted by Gasteiger charge is 2.21. The van der Waals surface area contributed by atoms with Gasteiger partial charge < -0.3 is 15.3 Å². The van der Waals surface area contributed by atoms with E-state index < -0.39 is 6.10 Å². The molecule has 0 radical (unpaired) electrons. The Morgan fingerprint density at radius 2 is 2.04 bits per heavy atom. The summed E-state index contributed by atoms with van der Waals surface area (Å²) in [6, 6.07) is 13.7. The molecule has 0 unspecified atom stereocenters. The summed E-state index contributed by atoms with van der Waals surface area (Å²) in [7, 11) is 0. The fourth-order valence-electron chi connectivity index (χ4n) is 2.70. The Morgan fingerprint density at radius 3 is 2.79 bits per heavy atom. The lowest BCUT2D eigenvalue weighted by molar-refractivity contribution is -0.121. The molecule has 0 aliphatic carbocycles. The van der Waals surface area contributed by atoms with Gasteiger partial charge in [0, 0.05) is 31.8 Å². The van der Waals surface area contributed by atoms with Crippen molar-refractivity contribution in [2.45, 2.75) is 12.5 Å². The Hall–Kier alpha value is -2.05. The molecule has 2 aromatic carbocycles. The van der Waals surface area contributed by atoms with Crippen molar-refractivity contribution in [2.75, 3.05) is 25.4 Å². The zero-order valence-electron chi connectivity index (χ0n) is 13.3. The number of aliphatic hydroxyl groups excluding tert-OH is 1. The maximum Gasteiger partial charge on any atom is 0.281 e. The molecule has 1 heterocycles. The molecule has 5 nitrogen and oxygen atoms in total. The van der Waals surface area contributed by atoms with Crippen molar-refractivity contribution >= 4 is 33.7 Å². The minimum absolute atomic E-state index is 0.0407. The number of carbonyl (C=O) groups is 2. The normalized spacial score (nSPS) is 15.7. The molecule has 1 atom stereocenters.